The summed E-state index contributed by atoms with van der Waals surface area (Å²) in [5.41, 5.74) is 2.73. The fourth-order valence-electron chi connectivity index (χ4n) is 3.03. The summed E-state index contributed by atoms with van der Waals surface area (Å²) in [5.74, 6) is 0.864. The predicted molar refractivity (Wildman–Crippen MR) is 130 cm³/mol. The van der Waals surface area contributed by atoms with Crippen LogP contribution in [0.5, 0.6) is 5.75 Å². The van der Waals surface area contributed by atoms with Crippen molar-refractivity contribution in [3.8, 4) is 5.75 Å². The van der Waals surface area contributed by atoms with E-state index < -0.39 is 0 Å². The number of para-hydroxylation sites is 2. The molecular formula is C23H26ClN5O3S. The zero-order valence-corrected chi connectivity index (χ0v) is 20.5. The van der Waals surface area contributed by atoms with Gasteiger partial charge >= 0.3 is 0 Å². The highest BCUT2D eigenvalue weighted by atomic mass is 35.5. The number of anilines is 1. The number of carbonyl (C=O) groups excluding carboxylic acids is 2. The maximum atomic E-state index is 12.5. The molecule has 0 bridgehead atoms. The van der Waals surface area contributed by atoms with Crippen molar-refractivity contribution in [3.05, 3.63) is 64.4 Å². The van der Waals surface area contributed by atoms with Crippen molar-refractivity contribution in [1.29, 1.82) is 0 Å². The van der Waals surface area contributed by atoms with E-state index in [1.807, 2.05) is 44.2 Å². The Morgan fingerprint density at radius 1 is 1.12 bits per heavy atom. The van der Waals surface area contributed by atoms with Crippen molar-refractivity contribution in [1.82, 2.24) is 19.7 Å². The van der Waals surface area contributed by atoms with E-state index in [1.165, 1.54) is 16.7 Å². The van der Waals surface area contributed by atoms with Crippen LogP contribution in [0.2, 0.25) is 5.02 Å². The van der Waals surface area contributed by atoms with Crippen molar-refractivity contribution < 1.29 is 14.3 Å². The lowest BCUT2D eigenvalue weighted by molar-refractivity contribution is -0.131. The third-order valence-corrected chi connectivity index (χ3v) is 6.31. The van der Waals surface area contributed by atoms with Crippen LogP contribution in [-0.2, 0) is 23.2 Å². The van der Waals surface area contributed by atoms with Gasteiger partial charge in [0.2, 0.25) is 11.8 Å². The van der Waals surface area contributed by atoms with Gasteiger partial charge in [-0.15, -0.1) is 10.2 Å². The fraction of sp³-hybridized carbons (Fsp3) is 0.304. The van der Waals surface area contributed by atoms with Crippen LogP contribution in [-0.4, -0.2) is 50.8 Å². The average molecular weight is 488 g/mol. The lowest BCUT2D eigenvalue weighted by Gasteiger charge is -2.18. The molecule has 0 aliphatic carbocycles. The summed E-state index contributed by atoms with van der Waals surface area (Å²) < 4.78 is 7.47. The van der Waals surface area contributed by atoms with Crippen molar-refractivity contribution in [2.45, 2.75) is 25.6 Å². The van der Waals surface area contributed by atoms with E-state index in [9.17, 15) is 9.59 Å². The van der Waals surface area contributed by atoms with Crippen LogP contribution in [0.3, 0.4) is 0 Å². The quantitative estimate of drug-likeness (QED) is 0.461. The lowest BCUT2D eigenvalue weighted by atomic mass is 10.1. The first kappa shape index (κ1) is 24.6. The van der Waals surface area contributed by atoms with Gasteiger partial charge in [0.15, 0.2) is 11.0 Å². The summed E-state index contributed by atoms with van der Waals surface area (Å²) in [6.07, 6.45) is 0. The SMILES string of the molecule is Cc1cccc(C)c1NC(=O)CN(C)C(=O)CSc1nnc(COc2ccccc2Cl)n1C. The zero-order valence-electron chi connectivity index (χ0n) is 19.0. The first-order valence-electron chi connectivity index (χ1n) is 10.2. The van der Waals surface area contributed by atoms with Gasteiger partial charge in [-0.25, -0.2) is 0 Å². The van der Waals surface area contributed by atoms with E-state index in [1.54, 1.807) is 30.8 Å². The highest BCUT2D eigenvalue weighted by Crippen LogP contribution is 2.24. The van der Waals surface area contributed by atoms with Gasteiger partial charge < -0.3 is 19.5 Å². The van der Waals surface area contributed by atoms with E-state index in [0.717, 1.165) is 16.8 Å². The van der Waals surface area contributed by atoms with Gasteiger partial charge in [-0.05, 0) is 37.1 Å². The molecule has 174 valence electrons. The molecule has 1 aromatic heterocycles. The second-order valence-corrected chi connectivity index (χ2v) is 8.88. The van der Waals surface area contributed by atoms with Crippen LogP contribution >= 0.6 is 23.4 Å². The highest BCUT2D eigenvalue weighted by Gasteiger charge is 2.17. The van der Waals surface area contributed by atoms with Crippen LogP contribution in [0, 0.1) is 13.8 Å². The number of hydrogen-bond donors (Lipinski definition) is 1. The van der Waals surface area contributed by atoms with Gasteiger partial charge in [0.1, 0.15) is 12.4 Å². The molecule has 3 rings (SSSR count). The minimum atomic E-state index is -0.245. The minimum Gasteiger partial charge on any atom is -0.484 e. The fourth-order valence-corrected chi connectivity index (χ4v) is 4.09. The monoisotopic (exact) mass is 487 g/mol. The van der Waals surface area contributed by atoms with Gasteiger partial charge in [-0.1, -0.05) is 53.7 Å². The van der Waals surface area contributed by atoms with Gasteiger partial charge in [-0.2, -0.15) is 0 Å². The Bertz CT molecular complexity index is 1130. The molecule has 2 aromatic carbocycles. The van der Waals surface area contributed by atoms with Crippen molar-refractivity contribution in [2.24, 2.45) is 7.05 Å². The minimum absolute atomic E-state index is 0.0388. The number of amides is 2. The molecule has 0 atom stereocenters. The molecule has 1 heterocycles. The summed E-state index contributed by atoms with van der Waals surface area (Å²) in [6.45, 7) is 4.02. The Balaban J connectivity index is 1.50. The second kappa shape index (κ2) is 11.2. The number of halogens is 1. The van der Waals surface area contributed by atoms with Gasteiger partial charge in [0.25, 0.3) is 0 Å². The van der Waals surface area contributed by atoms with E-state index in [4.69, 9.17) is 16.3 Å². The number of aryl methyl sites for hydroxylation is 2. The predicted octanol–water partition coefficient (Wildman–Crippen LogP) is 3.85. The topological polar surface area (TPSA) is 89.3 Å². The number of nitrogens with one attached hydrogen (secondary N) is 1. The maximum absolute atomic E-state index is 12.5. The van der Waals surface area contributed by atoms with E-state index >= 15 is 0 Å². The molecule has 0 saturated heterocycles. The number of aromatic nitrogens is 3. The molecule has 1 N–H and O–H groups in total. The molecule has 8 nitrogen and oxygen atoms in total. The lowest BCUT2D eigenvalue weighted by Crippen LogP contribution is -2.36. The Hall–Kier alpha value is -3.04. The Morgan fingerprint density at radius 2 is 1.82 bits per heavy atom. The number of rotatable bonds is 9. The number of thioether (sulfide) groups is 1. The average Bonchev–Trinajstić information content (AvgIpc) is 3.13. The Labute approximate surface area is 202 Å². The number of carbonyl (C=O) groups is 2. The Morgan fingerprint density at radius 3 is 2.52 bits per heavy atom. The van der Waals surface area contributed by atoms with E-state index in [2.05, 4.69) is 15.5 Å². The number of benzene rings is 2. The first-order valence-corrected chi connectivity index (χ1v) is 11.6. The van der Waals surface area contributed by atoms with E-state index in [-0.39, 0.29) is 30.7 Å². The third-order valence-electron chi connectivity index (χ3n) is 5.00. The largest absolute Gasteiger partial charge is 0.484 e. The molecule has 2 amide bonds. The summed E-state index contributed by atoms with van der Waals surface area (Å²) in [4.78, 5) is 26.3. The first-order chi connectivity index (χ1) is 15.8. The molecule has 10 heteroatoms. The highest BCUT2D eigenvalue weighted by molar-refractivity contribution is 7.99. The second-order valence-electron chi connectivity index (χ2n) is 7.53. The smallest absolute Gasteiger partial charge is 0.243 e. The zero-order chi connectivity index (χ0) is 24.0. The third kappa shape index (κ3) is 6.49. The van der Waals surface area contributed by atoms with Gasteiger partial charge in [-0.3, -0.25) is 9.59 Å². The van der Waals surface area contributed by atoms with Crippen LogP contribution in [0.25, 0.3) is 0 Å². The van der Waals surface area contributed by atoms with Crippen molar-refractivity contribution in [3.63, 3.8) is 0 Å². The van der Waals surface area contributed by atoms with Crippen LogP contribution in [0.15, 0.2) is 47.6 Å². The molecule has 0 radical (unpaired) electrons. The molecule has 0 fully saturated rings. The Kier molecular flexibility index (Phi) is 8.35. The molecule has 0 saturated carbocycles. The summed E-state index contributed by atoms with van der Waals surface area (Å²) in [5, 5.41) is 12.2. The maximum Gasteiger partial charge on any atom is 0.243 e. The number of likely N-dealkylation sites (N-methyl/N-ethyl adjacent to an activating group) is 1. The van der Waals surface area contributed by atoms with E-state index in [0.29, 0.717) is 21.8 Å². The van der Waals surface area contributed by atoms with Crippen LogP contribution in [0.4, 0.5) is 5.69 Å². The molecule has 3 aromatic rings. The normalized spacial score (nSPS) is 10.7. The summed E-state index contributed by atoms with van der Waals surface area (Å²) >= 11 is 7.35. The van der Waals surface area contributed by atoms with Crippen molar-refractivity contribution in [2.75, 3.05) is 24.7 Å². The van der Waals surface area contributed by atoms with Crippen LogP contribution in [0.1, 0.15) is 17.0 Å². The van der Waals surface area contributed by atoms with Gasteiger partial charge in [0.05, 0.1) is 17.3 Å². The van der Waals surface area contributed by atoms with Crippen molar-refractivity contribution >= 4 is 40.9 Å². The summed E-state index contributed by atoms with van der Waals surface area (Å²) in [7, 11) is 3.41. The molecule has 0 aliphatic heterocycles. The number of nitrogens with zero attached hydrogens (tertiary/aromatic N) is 4. The number of ether oxygens (including phenoxy) is 1. The van der Waals surface area contributed by atoms with Crippen LogP contribution < -0.4 is 10.1 Å². The molecule has 0 unspecified atom stereocenters. The van der Waals surface area contributed by atoms with Gasteiger partial charge in [0, 0.05) is 19.8 Å². The molecular weight excluding hydrogens is 462 g/mol. The molecule has 0 spiro atoms. The molecule has 33 heavy (non-hydrogen) atoms. The number of hydrogen-bond acceptors (Lipinski definition) is 6. The summed E-state index contributed by atoms with van der Waals surface area (Å²) in [6, 6.07) is 13.0. The standard InChI is InChI=1S/C23H26ClN5O3S/c1-15-8-7-9-16(2)22(15)25-20(30)12-28(3)21(31)14-33-23-27-26-19(29(23)4)13-32-18-11-6-5-10-17(18)24/h5-11H,12-14H2,1-4H3,(H,25,30). The molecule has 0 aliphatic rings.